The Morgan fingerprint density at radius 1 is 1.39 bits per heavy atom. The number of thiophene rings is 1. The SMILES string of the molecule is CCC1c2ccsc2CCN1C(=O)c1ccc(C(=O)O)c(C)n1. The highest BCUT2D eigenvalue weighted by Crippen LogP contribution is 2.35. The number of pyridine rings is 1. The van der Waals surface area contributed by atoms with E-state index in [4.69, 9.17) is 5.11 Å². The fourth-order valence-electron chi connectivity index (χ4n) is 3.13. The Kier molecular flexibility index (Phi) is 4.17. The van der Waals surface area contributed by atoms with Gasteiger partial charge in [-0.05, 0) is 48.9 Å². The molecule has 1 aliphatic heterocycles. The van der Waals surface area contributed by atoms with Gasteiger partial charge < -0.3 is 10.0 Å². The van der Waals surface area contributed by atoms with Gasteiger partial charge in [-0.3, -0.25) is 4.79 Å². The van der Waals surface area contributed by atoms with Crippen LogP contribution in [0.5, 0.6) is 0 Å². The molecule has 1 atom stereocenters. The van der Waals surface area contributed by atoms with E-state index < -0.39 is 5.97 Å². The van der Waals surface area contributed by atoms with E-state index in [1.165, 1.54) is 22.6 Å². The molecule has 2 aromatic rings. The van der Waals surface area contributed by atoms with Gasteiger partial charge in [-0.2, -0.15) is 0 Å². The molecular formula is C17H18N2O3S. The fraction of sp³-hybridized carbons (Fsp3) is 0.353. The summed E-state index contributed by atoms with van der Waals surface area (Å²) in [6.45, 7) is 4.36. The van der Waals surface area contributed by atoms with Crippen molar-refractivity contribution in [1.29, 1.82) is 0 Å². The lowest BCUT2D eigenvalue weighted by Crippen LogP contribution is -2.39. The van der Waals surface area contributed by atoms with Crippen molar-refractivity contribution >= 4 is 23.2 Å². The third kappa shape index (κ3) is 2.74. The maximum atomic E-state index is 12.9. The monoisotopic (exact) mass is 330 g/mol. The minimum atomic E-state index is -1.03. The Hall–Kier alpha value is -2.21. The van der Waals surface area contributed by atoms with Crippen molar-refractivity contribution in [2.75, 3.05) is 6.54 Å². The van der Waals surface area contributed by atoms with Crippen LogP contribution in [-0.4, -0.2) is 33.4 Å². The highest BCUT2D eigenvalue weighted by atomic mass is 32.1. The minimum Gasteiger partial charge on any atom is -0.478 e. The van der Waals surface area contributed by atoms with Crippen molar-refractivity contribution < 1.29 is 14.7 Å². The molecule has 2 aromatic heterocycles. The van der Waals surface area contributed by atoms with Crippen LogP contribution in [0.1, 0.15) is 56.4 Å². The van der Waals surface area contributed by atoms with E-state index in [0.29, 0.717) is 17.9 Å². The van der Waals surface area contributed by atoms with Gasteiger partial charge >= 0.3 is 5.97 Å². The molecule has 1 N–H and O–H groups in total. The summed E-state index contributed by atoms with van der Waals surface area (Å²) in [5.41, 5.74) is 2.04. The van der Waals surface area contributed by atoms with Crippen molar-refractivity contribution in [3.05, 3.63) is 51.0 Å². The average molecular weight is 330 g/mol. The highest BCUT2D eigenvalue weighted by molar-refractivity contribution is 7.10. The summed E-state index contributed by atoms with van der Waals surface area (Å²) in [5.74, 6) is -1.16. The molecule has 0 radical (unpaired) electrons. The third-order valence-electron chi connectivity index (χ3n) is 4.28. The van der Waals surface area contributed by atoms with Gasteiger partial charge in [0.15, 0.2) is 0 Å². The molecule has 0 saturated carbocycles. The summed E-state index contributed by atoms with van der Waals surface area (Å²) < 4.78 is 0. The van der Waals surface area contributed by atoms with Gasteiger partial charge in [-0.15, -0.1) is 11.3 Å². The van der Waals surface area contributed by atoms with Crippen LogP contribution in [0.15, 0.2) is 23.6 Å². The molecule has 23 heavy (non-hydrogen) atoms. The molecule has 1 amide bonds. The lowest BCUT2D eigenvalue weighted by atomic mass is 9.97. The maximum Gasteiger partial charge on any atom is 0.337 e. The molecule has 1 aliphatic rings. The number of nitrogens with zero attached hydrogens (tertiary/aromatic N) is 2. The third-order valence-corrected chi connectivity index (χ3v) is 5.27. The van der Waals surface area contributed by atoms with Gasteiger partial charge in [0.1, 0.15) is 5.69 Å². The molecule has 0 spiro atoms. The normalized spacial score (nSPS) is 17.0. The molecule has 5 nitrogen and oxygen atoms in total. The minimum absolute atomic E-state index is 0.0683. The summed E-state index contributed by atoms with van der Waals surface area (Å²) in [5, 5.41) is 11.2. The molecule has 3 heterocycles. The number of carboxylic acids is 1. The number of fused-ring (bicyclic) bond motifs is 1. The van der Waals surface area contributed by atoms with Gasteiger partial charge in [0.2, 0.25) is 0 Å². The Balaban J connectivity index is 1.91. The second-order valence-corrected chi connectivity index (χ2v) is 6.61. The molecule has 1 unspecified atom stereocenters. The molecule has 0 aliphatic carbocycles. The number of carbonyl (C=O) groups is 2. The van der Waals surface area contributed by atoms with Crippen molar-refractivity contribution in [2.24, 2.45) is 0 Å². The predicted octanol–water partition coefficient (Wildman–Crippen LogP) is 3.30. The van der Waals surface area contributed by atoms with Gasteiger partial charge in [-0.1, -0.05) is 6.92 Å². The van der Waals surface area contributed by atoms with Gasteiger partial charge in [0.05, 0.1) is 17.3 Å². The van der Waals surface area contributed by atoms with Crippen LogP contribution < -0.4 is 0 Å². The van der Waals surface area contributed by atoms with Crippen LogP contribution in [0.25, 0.3) is 0 Å². The van der Waals surface area contributed by atoms with E-state index in [-0.39, 0.29) is 17.5 Å². The lowest BCUT2D eigenvalue weighted by molar-refractivity contribution is 0.0646. The Labute approximate surface area is 138 Å². The molecule has 0 fully saturated rings. The van der Waals surface area contributed by atoms with Crippen molar-refractivity contribution in [3.63, 3.8) is 0 Å². The maximum absolute atomic E-state index is 12.9. The van der Waals surface area contributed by atoms with E-state index in [9.17, 15) is 9.59 Å². The summed E-state index contributed by atoms with van der Waals surface area (Å²) in [4.78, 5) is 31.4. The van der Waals surface area contributed by atoms with Crippen molar-refractivity contribution in [3.8, 4) is 0 Å². The Bertz CT molecular complexity index is 769. The molecule has 6 heteroatoms. The zero-order valence-corrected chi connectivity index (χ0v) is 13.9. The first-order valence-corrected chi connectivity index (χ1v) is 8.49. The number of carboxylic acid groups (broad SMARTS) is 1. The van der Waals surface area contributed by atoms with Crippen LogP contribution in [0.4, 0.5) is 0 Å². The van der Waals surface area contributed by atoms with E-state index in [2.05, 4.69) is 23.4 Å². The zero-order chi connectivity index (χ0) is 16.6. The molecule has 3 rings (SSSR count). The molecule has 0 bridgehead atoms. The second-order valence-electron chi connectivity index (χ2n) is 5.61. The van der Waals surface area contributed by atoms with Crippen LogP contribution >= 0.6 is 11.3 Å². The van der Waals surface area contributed by atoms with Gasteiger partial charge in [0, 0.05) is 11.4 Å². The first-order valence-electron chi connectivity index (χ1n) is 7.61. The molecule has 0 saturated heterocycles. The van der Waals surface area contributed by atoms with Gasteiger partial charge in [0.25, 0.3) is 5.91 Å². The molecule has 120 valence electrons. The predicted molar refractivity (Wildman–Crippen MR) is 88.0 cm³/mol. The first-order chi connectivity index (χ1) is 11.0. The van der Waals surface area contributed by atoms with Crippen LogP contribution in [-0.2, 0) is 6.42 Å². The van der Waals surface area contributed by atoms with Crippen LogP contribution in [0.2, 0.25) is 0 Å². The highest BCUT2D eigenvalue weighted by Gasteiger charge is 2.31. The Morgan fingerprint density at radius 3 is 2.83 bits per heavy atom. The number of hydrogen-bond donors (Lipinski definition) is 1. The topological polar surface area (TPSA) is 70.5 Å². The average Bonchev–Trinajstić information content (AvgIpc) is 3.01. The zero-order valence-electron chi connectivity index (χ0n) is 13.1. The van der Waals surface area contributed by atoms with Crippen LogP contribution in [0, 0.1) is 6.92 Å². The number of aromatic nitrogens is 1. The quantitative estimate of drug-likeness (QED) is 0.937. The van der Waals surface area contributed by atoms with Gasteiger partial charge in [-0.25, -0.2) is 9.78 Å². The number of rotatable bonds is 3. The summed E-state index contributed by atoms with van der Waals surface area (Å²) in [6, 6.07) is 5.13. The van der Waals surface area contributed by atoms with E-state index >= 15 is 0 Å². The van der Waals surface area contributed by atoms with E-state index in [1.54, 1.807) is 18.3 Å². The van der Waals surface area contributed by atoms with E-state index in [0.717, 1.165) is 12.8 Å². The number of hydrogen-bond acceptors (Lipinski definition) is 4. The van der Waals surface area contributed by atoms with Crippen LogP contribution in [0.3, 0.4) is 0 Å². The Morgan fingerprint density at radius 2 is 2.17 bits per heavy atom. The smallest absolute Gasteiger partial charge is 0.337 e. The van der Waals surface area contributed by atoms with Crippen molar-refractivity contribution in [2.45, 2.75) is 32.7 Å². The fourth-order valence-corrected chi connectivity index (χ4v) is 4.06. The summed E-state index contributed by atoms with van der Waals surface area (Å²) >= 11 is 1.74. The van der Waals surface area contributed by atoms with E-state index in [1.807, 2.05) is 4.90 Å². The number of aromatic carboxylic acids is 1. The first kappa shape index (κ1) is 15.7. The molecule has 0 aromatic carbocycles. The summed E-state index contributed by atoms with van der Waals surface area (Å²) in [7, 11) is 0. The van der Waals surface area contributed by atoms with Crippen molar-refractivity contribution in [1.82, 2.24) is 9.88 Å². The number of carbonyl (C=O) groups excluding carboxylic acids is 1. The molecular weight excluding hydrogens is 312 g/mol. The lowest BCUT2D eigenvalue weighted by Gasteiger charge is -2.35. The summed E-state index contributed by atoms with van der Waals surface area (Å²) in [6.07, 6.45) is 1.71. The number of aryl methyl sites for hydroxylation is 1. The number of amides is 1. The standard InChI is InChI=1S/C17H18N2O3S/c1-3-14-12-7-9-23-15(12)6-8-19(14)16(20)13-5-4-11(17(21)22)10(2)18-13/h4-5,7,9,14H,3,6,8H2,1-2H3,(H,21,22). The second kappa shape index (κ2) is 6.12. The largest absolute Gasteiger partial charge is 0.478 e.